The summed E-state index contributed by atoms with van der Waals surface area (Å²) in [6.45, 7) is 5.44. The van der Waals surface area contributed by atoms with Crippen LogP contribution < -0.4 is 4.90 Å². The highest BCUT2D eigenvalue weighted by Crippen LogP contribution is 2.17. The zero-order chi connectivity index (χ0) is 13.1. The number of quaternary nitrogens is 1. The monoisotopic (exact) mass is 248 g/mol. The first-order chi connectivity index (χ1) is 8.58. The Morgan fingerprint density at radius 3 is 2.61 bits per heavy atom. The number of rotatable bonds is 2. The molecule has 1 aromatic rings. The molecule has 1 aliphatic rings. The van der Waals surface area contributed by atoms with Gasteiger partial charge in [0.15, 0.2) is 0 Å². The minimum atomic E-state index is -0.195. The fraction of sp³-hybridized carbons (Fsp3) is 0.533. The van der Waals surface area contributed by atoms with Crippen LogP contribution in [-0.4, -0.2) is 31.7 Å². The Morgan fingerprint density at radius 2 is 1.94 bits per heavy atom. The summed E-state index contributed by atoms with van der Waals surface area (Å²) in [5.74, 6) is 0.230. The lowest BCUT2D eigenvalue weighted by molar-refractivity contribution is -0.914. The van der Waals surface area contributed by atoms with Gasteiger partial charge in [0.2, 0.25) is 0 Å². The molecule has 3 nitrogen and oxygen atoms in total. The number of benzene rings is 1. The maximum absolute atomic E-state index is 12.0. The van der Waals surface area contributed by atoms with E-state index in [0.717, 1.165) is 13.0 Å². The van der Waals surface area contributed by atoms with Crippen LogP contribution in [0.25, 0.3) is 0 Å². The van der Waals surface area contributed by atoms with Crippen molar-refractivity contribution in [3.05, 3.63) is 35.9 Å². The molecule has 1 aromatic carbocycles. The zero-order valence-corrected chi connectivity index (χ0v) is 11.3. The third-order valence-corrected chi connectivity index (χ3v) is 3.97. The third kappa shape index (κ3) is 2.91. The molecular weight excluding hydrogens is 226 g/mol. The van der Waals surface area contributed by atoms with Gasteiger partial charge in [-0.25, -0.2) is 4.79 Å². The van der Waals surface area contributed by atoms with Gasteiger partial charge in [-0.05, 0) is 19.1 Å². The Balaban J connectivity index is 1.99. The Labute approximate surface area is 109 Å². The second-order valence-electron chi connectivity index (χ2n) is 5.47. The molecule has 0 bridgehead atoms. The van der Waals surface area contributed by atoms with E-state index in [2.05, 4.69) is 20.9 Å². The molecule has 0 amide bonds. The normalized spacial score (nSPS) is 31.9. The van der Waals surface area contributed by atoms with Gasteiger partial charge in [-0.2, -0.15) is 0 Å². The molecule has 0 radical (unpaired) electrons. The van der Waals surface area contributed by atoms with E-state index in [-0.39, 0.29) is 12.1 Å². The van der Waals surface area contributed by atoms with E-state index in [1.165, 1.54) is 4.90 Å². The van der Waals surface area contributed by atoms with Crippen LogP contribution in [0.1, 0.15) is 30.6 Å². The highest BCUT2D eigenvalue weighted by Gasteiger charge is 2.34. The molecule has 0 aromatic heterocycles. The molecule has 4 atom stereocenters. The SMILES string of the molecule is C[C@@H]1C[NH+](C)[C@@H](C)C[C@@H]1OC(=O)c1ccccc1. The van der Waals surface area contributed by atoms with Crippen molar-refractivity contribution in [3.8, 4) is 0 Å². The van der Waals surface area contributed by atoms with E-state index in [1.54, 1.807) is 12.1 Å². The Kier molecular flexibility index (Phi) is 4.02. The molecule has 98 valence electrons. The van der Waals surface area contributed by atoms with E-state index in [1.807, 2.05) is 18.2 Å². The van der Waals surface area contributed by atoms with Crippen molar-refractivity contribution in [3.63, 3.8) is 0 Å². The standard InChI is InChI=1S/C15H21NO2/c1-11-10-16(3)12(2)9-14(11)18-15(17)13-7-5-4-6-8-13/h4-8,11-12,14H,9-10H2,1-3H3/p+1/t11-,12+,14+/m1/s1. The lowest BCUT2D eigenvalue weighted by Gasteiger charge is -2.36. The second kappa shape index (κ2) is 5.53. The smallest absolute Gasteiger partial charge is 0.338 e. The van der Waals surface area contributed by atoms with Gasteiger partial charge < -0.3 is 9.64 Å². The van der Waals surface area contributed by atoms with Gasteiger partial charge in [0.1, 0.15) is 6.10 Å². The number of carbonyl (C=O) groups is 1. The van der Waals surface area contributed by atoms with Crippen LogP contribution in [0.4, 0.5) is 0 Å². The maximum atomic E-state index is 12.0. The van der Waals surface area contributed by atoms with Crippen LogP contribution in [0.15, 0.2) is 30.3 Å². The molecule has 1 aliphatic heterocycles. The van der Waals surface area contributed by atoms with Gasteiger partial charge in [0.05, 0.1) is 25.2 Å². The van der Waals surface area contributed by atoms with Gasteiger partial charge in [-0.1, -0.05) is 25.1 Å². The van der Waals surface area contributed by atoms with Crippen LogP contribution in [0.3, 0.4) is 0 Å². The van der Waals surface area contributed by atoms with Gasteiger partial charge in [0, 0.05) is 12.3 Å². The largest absolute Gasteiger partial charge is 0.458 e. The van der Waals surface area contributed by atoms with Crippen molar-refractivity contribution in [2.24, 2.45) is 5.92 Å². The van der Waals surface area contributed by atoms with Crippen molar-refractivity contribution in [2.75, 3.05) is 13.6 Å². The Hall–Kier alpha value is -1.35. The van der Waals surface area contributed by atoms with Crippen molar-refractivity contribution < 1.29 is 14.4 Å². The highest BCUT2D eigenvalue weighted by atomic mass is 16.5. The third-order valence-electron chi connectivity index (χ3n) is 3.97. The van der Waals surface area contributed by atoms with E-state index in [4.69, 9.17) is 4.74 Å². The van der Waals surface area contributed by atoms with Crippen LogP contribution in [-0.2, 0) is 4.74 Å². The molecule has 3 heteroatoms. The van der Waals surface area contributed by atoms with Crippen LogP contribution >= 0.6 is 0 Å². The van der Waals surface area contributed by atoms with Crippen LogP contribution in [0.5, 0.6) is 0 Å². The first-order valence-corrected chi connectivity index (χ1v) is 6.66. The van der Waals surface area contributed by atoms with Gasteiger partial charge >= 0.3 is 5.97 Å². The average Bonchev–Trinajstić information content (AvgIpc) is 2.37. The van der Waals surface area contributed by atoms with E-state index >= 15 is 0 Å². The van der Waals surface area contributed by atoms with Crippen molar-refractivity contribution >= 4 is 5.97 Å². The molecule has 1 saturated heterocycles. The lowest BCUT2D eigenvalue weighted by Crippen LogP contribution is -3.14. The van der Waals surface area contributed by atoms with Crippen LogP contribution in [0, 0.1) is 5.92 Å². The molecule has 1 unspecified atom stereocenters. The van der Waals surface area contributed by atoms with Gasteiger partial charge in [0.25, 0.3) is 0 Å². The molecule has 1 N–H and O–H groups in total. The first kappa shape index (κ1) is 13.1. The highest BCUT2D eigenvalue weighted by molar-refractivity contribution is 5.89. The molecule has 18 heavy (non-hydrogen) atoms. The average molecular weight is 248 g/mol. The maximum Gasteiger partial charge on any atom is 0.338 e. The number of esters is 1. The lowest BCUT2D eigenvalue weighted by atomic mass is 9.92. The zero-order valence-electron chi connectivity index (χ0n) is 11.3. The van der Waals surface area contributed by atoms with E-state index in [9.17, 15) is 4.79 Å². The Morgan fingerprint density at radius 1 is 1.28 bits per heavy atom. The number of nitrogens with one attached hydrogen (secondary N) is 1. The number of carbonyl (C=O) groups excluding carboxylic acids is 1. The number of piperidine rings is 1. The molecule has 2 rings (SSSR count). The van der Waals surface area contributed by atoms with Crippen molar-refractivity contribution in [1.29, 1.82) is 0 Å². The van der Waals surface area contributed by atoms with E-state index in [0.29, 0.717) is 17.5 Å². The summed E-state index contributed by atoms with van der Waals surface area (Å²) in [5, 5.41) is 0. The predicted molar refractivity (Wildman–Crippen MR) is 70.6 cm³/mol. The quantitative estimate of drug-likeness (QED) is 0.796. The number of hydrogen-bond acceptors (Lipinski definition) is 2. The molecule has 0 aliphatic carbocycles. The summed E-state index contributed by atoms with van der Waals surface area (Å²) in [6, 6.07) is 9.78. The summed E-state index contributed by atoms with van der Waals surface area (Å²) >= 11 is 0. The summed E-state index contributed by atoms with van der Waals surface area (Å²) < 4.78 is 5.66. The fourth-order valence-electron chi connectivity index (χ4n) is 2.57. The second-order valence-corrected chi connectivity index (χ2v) is 5.47. The fourth-order valence-corrected chi connectivity index (χ4v) is 2.57. The minimum absolute atomic E-state index is 0.0522. The van der Waals surface area contributed by atoms with E-state index < -0.39 is 0 Å². The summed E-state index contributed by atoms with van der Waals surface area (Å²) in [7, 11) is 2.20. The molecule has 0 spiro atoms. The summed E-state index contributed by atoms with van der Waals surface area (Å²) in [5.41, 5.74) is 0.642. The number of hydrogen-bond donors (Lipinski definition) is 1. The molecule has 1 fully saturated rings. The molecule has 0 saturated carbocycles. The number of ether oxygens (including phenoxy) is 1. The summed E-state index contributed by atoms with van der Waals surface area (Å²) in [4.78, 5) is 13.5. The Bertz CT molecular complexity index is 404. The van der Waals surface area contributed by atoms with Gasteiger partial charge in [-0.15, -0.1) is 0 Å². The first-order valence-electron chi connectivity index (χ1n) is 6.66. The topological polar surface area (TPSA) is 30.7 Å². The van der Waals surface area contributed by atoms with Gasteiger partial charge in [-0.3, -0.25) is 0 Å². The number of likely N-dealkylation sites (tertiary alicyclic amines) is 1. The molecule has 1 heterocycles. The molecular formula is C15H22NO2+. The predicted octanol–water partition coefficient (Wildman–Crippen LogP) is 1.16. The van der Waals surface area contributed by atoms with Crippen LogP contribution in [0.2, 0.25) is 0 Å². The summed E-state index contributed by atoms with van der Waals surface area (Å²) in [6.07, 6.45) is 1.00. The van der Waals surface area contributed by atoms with Crippen molar-refractivity contribution in [2.45, 2.75) is 32.4 Å². The van der Waals surface area contributed by atoms with Crippen molar-refractivity contribution in [1.82, 2.24) is 0 Å². The minimum Gasteiger partial charge on any atom is -0.458 e.